The molecule has 2 heterocycles. The molecule has 0 aliphatic rings. The minimum Gasteiger partial charge on any atom is -0.467 e. The molecule has 1 N–H and O–H groups in total. The van der Waals surface area contributed by atoms with Crippen LogP contribution < -0.4 is 16.6 Å². The van der Waals surface area contributed by atoms with E-state index in [4.69, 9.17) is 4.42 Å². The Hall–Kier alpha value is -3.94. The number of halogens is 1. The van der Waals surface area contributed by atoms with Gasteiger partial charge in [-0.25, -0.2) is 13.8 Å². The molecule has 0 saturated heterocycles. The van der Waals surface area contributed by atoms with Gasteiger partial charge in [0.05, 0.1) is 29.4 Å². The van der Waals surface area contributed by atoms with E-state index in [2.05, 4.69) is 5.32 Å². The molecule has 0 aliphatic heterocycles. The highest BCUT2D eigenvalue weighted by Gasteiger charge is 2.17. The van der Waals surface area contributed by atoms with Crippen molar-refractivity contribution in [2.45, 2.75) is 20.0 Å². The molecule has 0 atom stereocenters. The topological polar surface area (TPSA) is 86.2 Å². The fourth-order valence-electron chi connectivity index (χ4n) is 3.28. The highest BCUT2D eigenvalue weighted by Crippen LogP contribution is 2.13. The molecule has 0 spiro atoms. The molecule has 0 aliphatic carbocycles. The Morgan fingerprint density at radius 2 is 1.93 bits per heavy atom. The molecular weight excluding hydrogens is 389 g/mol. The number of nitrogens with one attached hydrogen (secondary N) is 1. The van der Waals surface area contributed by atoms with Crippen molar-refractivity contribution in [2.24, 2.45) is 0 Å². The molecule has 0 saturated carbocycles. The summed E-state index contributed by atoms with van der Waals surface area (Å²) < 4.78 is 21.0. The standard InChI is InChI=1S/C22H18FN3O4/c1-14-7-8-19-18(10-14)21(28)26(16-5-2-4-15(23)11-16)22(29)25(19)13-20(27)24-12-17-6-3-9-30-17/h2-11H,12-13H2,1H3,(H,24,27). The third kappa shape index (κ3) is 3.67. The number of benzene rings is 2. The van der Waals surface area contributed by atoms with Crippen LogP contribution in [0, 0.1) is 12.7 Å². The molecule has 0 fully saturated rings. The second kappa shape index (κ2) is 7.82. The maximum absolute atomic E-state index is 13.7. The van der Waals surface area contributed by atoms with E-state index in [1.54, 1.807) is 30.3 Å². The van der Waals surface area contributed by atoms with Crippen molar-refractivity contribution in [3.05, 3.63) is 98.8 Å². The van der Waals surface area contributed by atoms with Crippen molar-refractivity contribution in [2.75, 3.05) is 0 Å². The summed E-state index contributed by atoms with van der Waals surface area (Å²) >= 11 is 0. The highest BCUT2D eigenvalue weighted by atomic mass is 19.1. The van der Waals surface area contributed by atoms with Crippen LogP contribution in [0.5, 0.6) is 0 Å². The van der Waals surface area contributed by atoms with Crippen LogP contribution in [0.3, 0.4) is 0 Å². The number of rotatable bonds is 5. The van der Waals surface area contributed by atoms with Gasteiger partial charge in [0.2, 0.25) is 5.91 Å². The number of nitrogens with zero attached hydrogens (tertiary/aromatic N) is 2. The van der Waals surface area contributed by atoms with Crippen LogP contribution in [-0.2, 0) is 17.9 Å². The van der Waals surface area contributed by atoms with Gasteiger partial charge in [-0.1, -0.05) is 17.7 Å². The summed E-state index contributed by atoms with van der Waals surface area (Å²) in [5, 5.41) is 2.94. The Labute approximate surface area is 170 Å². The fraction of sp³-hybridized carbons (Fsp3) is 0.136. The number of furan rings is 1. The Bertz CT molecular complexity index is 1350. The Balaban J connectivity index is 1.82. The zero-order valence-corrected chi connectivity index (χ0v) is 16.1. The van der Waals surface area contributed by atoms with Gasteiger partial charge in [0.1, 0.15) is 18.1 Å². The molecule has 30 heavy (non-hydrogen) atoms. The third-order valence-electron chi connectivity index (χ3n) is 4.71. The van der Waals surface area contributed by atoms with E-state index in [0.717, 1.165) is 16.2 Å². The van der Waals surface area contributed by atoms with Crippen molar-refractivity contribution >= 4 is 16.8 Å². The Morgan fingerprint density at radius 1 is 1.10 bits per heavy atom. The van der Waals surface area contributed by atoms with Crippen molar-refractivity contribution in [1.29, 1.82) is 0 Å². The third-order valence-corrected chi connectivity index (χ3v) is 4.71. The van der Waals surface area contributed by atoms with Crippen molar-refractivity contribution in [3.63, 3.8) is 0 Å². The van der Waals surface area contributed by atoms with Crippen LogP contribution in [0.4, 0.5) is 4.39 Å². The van der Waals surface area contributed by atoms with E-state index < -0.39 is 23.0 Å². The minimum absolute atomic E-state index is 0.0955. The molecule has 4 aromatic rings. The van der Waals surface area contributed by atoms with Gasteiger partial charge in [-0.05, 0) is 49.4 Å². The van der Waals surface area contributed by atoms with Gasteiger partial charge in [0, 0.05) is 0 Å². The number of amides is 1. The Morgan fingerprint density at radius 3 is 2.67 bits per heavy atom. The highest BCUT2D eigenvalue weighted by molar-refractivity contribution is 5.82. The maximum atomic E-state index is 13.7. The summed E-state index contributed by atoms with van der Waals surface area (Å²) in [4.78, 5) is 38.7. The van der Waals surface area contributed by atoms with Gasteiger partial charge in [-0.15, -0.1) is 0 Å². The lowest BCUT2D eigenvalue weighted by Crippen LogP contribution is -2.41. The zero-order chi connectivity index (χ0) is 21.3. The normalized spacial score (nSPS) is 11.0. The van der Waals surface area contributed by atoms with Gasteiger partial charge in [0.25, 0.3) is 5.56 Å². The van der Waals surface area contributed by atoms with Crippen LogP contribution in [0.25, 0.3) is 16.6 Å². The quantitative estimate of drug-likeness (QED) is 0.551. The lowest BCUT2D eigenvalue weighted by Gasteiger charge is -2.14. The van der Waals surface area contributed by atoms with E-state index in [1.807, 2.05) is 6.92 Å². The average molecular weight is 407 g/mol. The molecule has 7 nitrogen and oxygen atoms in total. The molecule has 0 bridgehead atoms. The van der Waals surface area contributed by atoms with Gasteiger partial charge in [-0.2, -0.15) is 0 Å². The Kier molecular flexibility index (Phi) is 5.05. The smallest absolute Gasteiger partial charge is 0.336 e. The fourth-order valence-corrected chi connectivity index (χ4v) is 3.28. The number of fused-ring (bicyclic) bond motifs is 1. The molecular formula is C22H18FN3O4. The van der Waals surface area contributed by atoms with E-state index in [9.17, 15) is 18.8 Å². The SMILES string of the molecule is Cc1ccc2c(c1)c(=O)n(-c1cccc(F)c1)c(=O)n2CC(=O)NCc1ccco1. The lowest BCUT2D eigenvalue weighted by atomic mass is 10.1. The van der Waals surface area contributed by atoms with E-state index in [-0.39, 0.29) is 24.2 Å². The first-order valence-electron chi connectivity index (χ1n) is 9.25. The maximum Gasteiger partial charge on any atom is 0.336 e. The molecule has 2 aromatic heterocycles. The summed E-state index contributed by atoms with van der Waals surface area (Å²) in [5.74, 6) is -0.438. The van der Waals surface area contributed by atoms with Gasteiger partial charge in [-0.3, -0.25) is 14.2 Å². The summed E-state index contributed by atoms with van der Waals surface area (Å²) in [5.41, 5.74) is -0.0564. The number of hydrogen-bond donors (Lipinski definition) is 1. The molecule has 2 aromatic carbocycles. The van der Waals surface area contributed by atoms with Gasteiger partial charge >= 0.3 is 5.69 Å². The van der Waals surface area contributed by atoms with Crippen LogP contribution in [0.2, 0.25) is 0 Å². The van der Waals surface area contributed by atoms with Crippen LogP contribution in [0.1, 0.15) is 11.3 Å². The largest absolute Gasteiger partial charge is 0.467 e. The van der Waals surface area contributed by atoms with Crippen molar-refractivity contribution in [1.82, 2.24) is 14.5 Å². The number of aromatic nitrogens is 2. The minimum atomic E-state index is -0.727. The molecule has 4 rings (SSSR count). The first-order chi connectivity index (χ1) is 14.4. The van der Waals surface area contributed by atoms with Gasteiger partial charge in [0.15, 0.2) is 0 Å². The second-order valence-electron chi connectivity index (χ2n) is 6.87. The van der Waals surface area contributed by atoms with E-state index in [1.165, 1.54) is 29.0 Å². The lowest BCUT2D eigenvalue weighted by molar-refractivity contribution is -0.121. The first kappa shape index (κ1) is 19.4. The molecule has 8 heteroatoms. The monoisotopic (exact) mass is 407 g/mol. The summed E-state index contributed by atoms with van der Waals surface area (Å²) in [6, 6.07) is 13.7. The predicted octanol–water partition coefficient (Wildman–Crippen LogP) is 2.51. The number of aryl methyl sites for hydroxylation is 1. The van der Waals surface area contributed by atoms with Gasteiger partial charge < -0.3 is 9.73 Å². The number of hydrogen-bond acceptors (Lipinski definition) is 4. The molecule has 1 amide bonds. The first-order valence-corrected chi connectivity index (χ1v) is 9.25. The summed E-state index contributed by atoms with van der Waals surface area (Å²) in [6.45, 7) is 1.67. The average Bonchev–Trinajstić information content (AvgIpc) is 3.24. The molecule has 152 valence electrons. The van der Waals surface area contributed by atoms with Crippen LogP contribution >= 0.6 is 0 Å². The summed E-state index contributed by atoms with van der Waals surface area (Å²) in [6.07, 6.45) is 1.50. The van der Waals surface area contributed by atoms with Crippen molar-refractivity contribution < 1.29 is 13.6 Å². The number of carbonyl (C=O) groups is 1. The zero-order valence-electron chi connectivity index (χ0n) is 16.1. The van der Waals surface area contributed by atoms with Crippen molar-refractivity contribution in [3.8, 4) is 5.69 Å². The second-order valence-corrected chi connectivity index (χ2v) is 6.87. The van der Waals surface area contributed by atoms with E-state index >= 15 is 0 Å². The molecule has 0 radical (unpaired) electrons. The molecule has 0 unspecified atom stereocenters. The predicted molar refractivity (Wildman–Crippen MR) is 109 cm³/mol. The van der Waals surface area contributed by atoms with Crippen LogP contribution in [-0.4, -0.2) is 15.0 Å². The number of carbonyl (C=O) groups excluding carboxylic acids is 1. The summed E-state index contributed by atoms with van der Waals surface area (Å²) in [7, 11) is 0. The van der Waals surface area contributed by atoms with E-state index in [0.29, 0.717) is 11.3 Å². The van der Waals surface area contributed by atoms with Crippen LogP contribution in [0.15, 0.2) is 74.9 Å².